The summed E-state index contributed by atoms with van der Waals surface area (Å²) in [4.78, 5) is 30.5. The standard InChI is InChI=1S/C34H47N3O5/c1-36(2)33-10-6-5-9-31(33)30(14-16-38)29-13-15-35-23-32(29)34(39)37(27-11-12-27)24-26-20-25(8-7-17-40-3)21-28(22-26)42-19-18-41-4/h5-6,9-10,14,16,20-22,27,29,32,35H,7-8,11-13,15,17-19,23-24H2,1-4H3/b30-14-/t29-,32?/m1/s1. The van der Waals surface area contributed by atoms with Gasteiger partial charge in [-0.25, -0.2) is 0 Å². The number of carbonyl (C=O) groups excluding carboxylic acids is 2. The Bertz CT molecular complexity index is 1180. The molecule has 42 heavy (non-hydrogen) atoms. The summed E-state index contributed by atoms with van der Waals surface area (Å²) in [5.41, 5.74) is 5.24. The van der Waals surface area contributed by atoms with Gasteiger partial charge in [0.1, 0.15) is 18.6 Å². The minimum Gasteiger partial charge on any atom is -0.491 e. The molecule has 1 heterocycles. The van der Waals surface area contributed by atoms with Crippen LogP contribution in [0.2, 0.25) is 0 Å². The second-order valence-corrected chi connectivity index (χ2v) is 11.5. The van der Waals surface area contributed by atoms with Crippen molar-refractivity contribution in [1.82, 2.24) is 10.2 Å². The van der Waals surface area contributed by atoms with Gasteiger partial charge in [-0.15, -0.1) is 0 Å². The molecule has 1 aliphatic carbocycles. The lowest BCUT2D eigenvalue weighted by molar-refractivity contribution is -0.138. The fraction of sp³-hybridized carbons (Fsp3) is 0.529. The molecule has 2 fully saturated rings. The number of piperidine rings is 1. The number of benzene rings is 2. The first-order valence-electron chi connectivity index (χ1n) is 15.1. The topological polar surface area (TPSA) is 80.3 Å². The maximum absolute atomic E-state index is 14.4. The van der Waals surface area contributed by atoms with Crippen molar-refractivity contribution in [3.05, 3.63) is 65.2 Å². The van der Waals surface area contributed by atoms with E-state index in [1.54, 1.807) is 20.3 Å². The Morgan fingerprint density at radius 1 is 0.976 bits per heavy atom. The number of allylic oxidation sites excluding steroid dienone is 2. The predicted octanol–water partition coefficient (Wildman–Crippen LogP) is 4.36. The van der Waals surface area contributed by atoms with E-state index in [0.717, 1.165) is 73.1 Å². The average molecular weight is 578 g/mol. The number of amides is 1. The van der Waals surface area contributed by atoms with E-state index in [9.17, 15) is 9.59 Å². The van der Waals surface area contributed by atoms with E-state index in [0.29, 0.717) is 32.9 Å². The molecule has 0 bridgehead atoms. The van der Waals surface area contributed by atoms with Crippen molar-refractivity contribution in [1.29, 1.82) is 0 Å². The van der Waals surface area contributed by atoms with Crippen molar-refractivity contribution in [2.24, 2.45) is 11.8 Å². The third-order valence-corrected chi connectivity index (χ3v) is 8.16. The minimum atomic E-state index is -0.261. The summed E-state index contributed by atoms with van der Waals surface area (Å²) in [6.07, 6.45) is 7.15. The number of ether oxygens (including phenoxy) is 3. The maximum atomic E-state index is 14.4. The van der Waals surface area contributed by atoms with Crippen molar-refractivity contribution < 1.29 is 23.8 Å². The molecule has 228 valence electrons. The van der Waals surface area contributed by atoms with Crippen LogP contribution in [0, 0.1) is 11.8 Å². The molecule has 1 aliphatic heterocycles. The lowest BCUT2D eigenvalue weighted by atomic mass is 9.76. The van der Waals surface area contributed by atoms with E-state index >= 15 is 0 Å². The number of hydrogen-bond donors (Lipinski definition) is 1. The second-order valence-electron chi connectivity index (χ2n) is 11.5. The maximum Gasteiger partial charge on any atom is 0.228 e. The quantitative estimate of drug-likeness (QED) is 0.180. The van der Waals surface area contributed by atoms with E-state index in [1.807, 2.05) is 26.2 Å². The van der Waals surface area contributed by atoms with Crippen LogP contribution in [-0.4, -0.2) is 84.4 Å². The number of aryl methyl sites for hydroxylation is 1. The minimum absolute atomic E-state index is 0.0559. The van der Waals surface area contributed by atoms with Gasteiger partial charge >= 0.3 is 0 Å². The number of anilines is 1. The Kier molecular flexibility index (Phi) is 12.0. The van der Waals surface area contributed by atoms with Gasteiger partial charge in [-0.3, -0.25) is 9.59 Å². The van der Waals surface area contributed by atoms with Crippen LogP contribution in [0.25, 0.3) is 5.57 Å². The van der Waals surface area contributed by atoms with Gasteiger partial charge in [0.25, 0.3) is 0 Å². The summed E-state index contributed by atoms with van der Waals surface area (Å²) < 4.78 is 16.5. The zero-order valence-corrected chi connectivity index (χ0v) is 25.6. The molecule has 1 saturated heterocycles. The lowest BCUT2D eigenvalue weighted by Crippen LogP contribution is -2.48. The van der Waals surface area contributed by atoms with Gasteiger partial charge < -0.3 is 29.3 Å². The molecule has 1 N–H and O–H groups in total. The summed E-state index contributed by atoms with van der Waals surface area (Å²) in [6, 6.07) is 14.7. The van der Waals surface area contributed by atoms with Crippen LogP contribution in [0.15, 0.2) is 48.5 Å². The van der Waals surface area contributed by atoms with Gasteiger partial charge in [-0.05, 0) is 85.5 Å². The fourth-order valence-electron chi connectivity index (χ4n) is 5.98. The number of hydrogen-bond acceptors (Lipinski definition) is 7. The first kappa shape index (κ1) is 31.7. The SMILES string of the molecule is COCCCc1cc(CN(C(=O)C2CNCC[C@@H]2/C(=C/C=O)c2ccccc2N(C)C)C2CC2)cc(OCCOC)c1. The number of nitrogens with one attached hydrogen (secondary N) is 1. The summed E-state index contributed by atoms with van der Waals surface area (Å²) in [6.45, 7) is 3.62. The van der Waals surface area contributed by atoms with Gasteiger partial charge in [-0.2, -0.15) is 0 Å². The fourth-order valence-corrected chi connectivity index (χ4v) is 5.98. The predicted molar refractivity (Wildman–Crippen MR) is 167 cm³/mol. The van der Waals surface area contributed by atoms with Crippen LogP contribution in [0.4, 0.5) is 5.69 Å². The molecule has 1 unspecified atom stereocenters. The van der Waals surface area contributed by atoms with E-state index in [-0.39, 0.29) is 23.8 Å². The van der Waals surface area contributed by atoms with Crippen LogP contribution >= 0.6 is 0 Å². The number of carbonyl (C=O) groups is 2. The molecule has 4 rings (SSSR count). The molecule has 2 atom stereocenters. The van der Waals surface area contributed by atoms with Crippen molar-refractivity contribution >= 4 is 23.5 Å². The highest BCUT2D eigenvalue weighted by Gasteiger charge is 2.41. The van der Waals surface area contributed by atoms with Crippen molar-refractivity contribution in [2.75, 3.05) is 66.1 Å². The van der Waals surface area contributed by atoms with E-state index in [2.05, 4.69) is 45.4 Å². The molecule has 8 nitrogen and oxygen atoms in total. The molecule has 2 aromatic rings. The number of methoxy groups -OCH3 is 2. The Hall–Kier alpha value is -3.20. The smallest absolute Gasteiger partial charge is 0.228 e. The van der Waals surface area contributed by atoms with Gasteiger partial charge in [0.05, 0.1) is 12.5 Å². The van der Waals surface area contributed by atoms with Crippen LogP contribution in [0.3, 0.4) is 0 Å². The zero-order chi connectivity index (χ0) is 29.9. The zero-order valence-electron chi connectivity index (χ0n) is 25.6. The van der Waals surface area contributed by atoms with Crippen LogP contribution in [-0.2, 0) is 32.0 Å². The van der Waals surface area contributed by atoms with Gasteiger partial charge in [0.2, 0.25) is 5.91 Å². The third-order valence-electron chi connectivity index (χ3n) is 8.16. The summed E-state index contributed by atoms with van der Waals surface area (Å²) in [5.74, 6) is 0.636. The normalized spacial score (nSPS) is 18.9. The number of rotatable bonds is 16. The Morgan fingerprint density at radius 2 is 1.74 bits per heavy atom. The number of nitrogens with zero attached hydrogens (tertiary/aromatic N) is 2. The molecule has 0 spiro atoms. The molecule has 8 heteroatoms. The summed E-state index contributed by atoms with van der Waals surface area (Å²) >= 11 is 0. The first-order chi connectivity index (χ1) is 20.5. The molecule has 1 saturated carbocycles. The number of aldehydes is 1. The molecule has 0 radical (unpaired) electrons. The highest BCUT2D eigenvalue weighted by Crippen LogP contribution is 2.40. The van der Waals surface area contributed by atoms with Gasteiger partial charge in [0, 0.05) is 65.3 Å². The Labute approximate surface area is 251 Å². The molecule has 2 aromatic carbocycles. The largest absolute Gasteiger partial charge is 0.491 e. The van der Waals surface area contributed by atoms with Crippen molar-refractivity contribution in [2.45, 2.75) is 44.7 Å². The highest BCUT2D eigenvalue weighted by atomic mass is 16.5. The number of para-hydroxylation sites is 1. The van der Waals surface area contributed by atoms with Crippen LogP contribution in [0.1, 0.15) is 42.4 Å². The Morgan fingerprint density at radius 3 is 2.45 bits per heavy atom. The molecular weight excluding hydrogens is 530 g/mol. The Balaban J connectivity index is 1.61. The summed E-state index contributed by atoms with van der Waals surface area (Å²) in [5, 5.41) is 3.47. The van der Waals surface area contributed by atoms with Crippen LogP contribution in [0.5, 0.6) is 5.75 Å². The molecule has 1 amide bonds. The van der Waals surface area contributed by atoms with E-state index in [1.165, 1.54) is 5.56 Å². The monoisotopic (exact) mass is 577 g/mol. The van der Waals surface area contributed by atoms with Gasteiger partial charge in [0.15, 0.2) is 0 Å². The molecule has 0 aromatic heterocycles. The summed E-state index contributed by atoms with van der Waals surface area (Å²) in [7, 11) is 7.40. The highest BCUT2D eigenvalue weighted by molar-refractivity contribution is 5.90. The van der Waals surface area contributed by atoms with Crippen LogP contribution < -0.4 is 15.0 Å². The van der Waals surface area contributed by atoms with Crippen molar-refractivity contribution in [3.8, 4) is 5.75 Å². The average Bonchev–Trinajstić information content (AvgIpc) is 3.84. The third kappa shape index (κ3) is 8.43. The first-order valence-corrected chi connectivity index (χ1v) is 15.1. The lowest BCUT2D eigenvalue weighted by Gasteiger charge is -2.37. The molecular formula is C34H47N3O5. The molecule has 2 aliphatic rings. The van der Waals surface area contributed by atoms with Gasteiger partial charge in [-0.1, -0.05) is 24.3 Å². The van der Waals surface area contributed by atoms with E-state index in [4.69, 9.17) is 14.2 Å². The van der Waals surface area contributed by atoms with E-state index < -0.39 is 0 Å². The van der Waals surface area contributed by atoms with Crippen molar-refractivity contribution in [3.63, 3.8) is 0 Å². The second kappa shape index (κ2) is 15.9.